The Morgan fingerprint density at radius 2 is 2.25 bits per heavy atom. The lowest BCUT2D eigenvalue weighted by Gasteiger charge is -2.05. The van der Waals surface area contributed by atoms with Crippen molar-refractivity contribution in [3.8, 4) is 0 Å². The number of carbonyl (C=O) groups is 1. The van der Waals surface area contributed by atoms with Gasteiger partial charge in [0.1, 0.15) is 5.82 Å². The Hall–Kier alpha value is -1.97. The number of aliphatic carboxylic acids is 1. The minimum atomic E-state index is -0.883. The van der Waals surface area contributed by atoms with Crippen molar-refractivity contribution in [2.45, 2.75) is 12.8 Å². The van der Waals surface area contributed by atoms with Gasteiger partial charge in [0.05, 0.1) is 0 Å². The van der Waals surface area contributed by atoms with Gasteiger partial charge in [0.15, 0.2) is 0 Å². The Kier molecular flexibility index (Phi) is 2.81. The summed E-state index contributed by atoms with van der Waals surface area (Å²) in [5, 5.41) is 10.2. The highest BCUT2D eigenvalue weighted by molar-refractivity contribution is 5.85. The fourth-order valence-electron chi connectivity index (χ4n) is 1.70. The lowest BCUT2D eigenvalue weighted by Crippen LogP contribution is -1.98. The molecular formula is C12H10FNO2. The van der Waals surface area contributed by atoms with E-state index in [2.05, 4.69) is 4.98 Å². The summed E-state index contributed by atoms with van der Waals surface area (Å²) < 4.78 is 13.2. The SMILES string of the molecule is O=C(O)CCc1cc(F)cc2cnccc12. The smallest absolute Gasteiger partial charge is 0.303 e. The standard InChI is InChI=1S/C12H10FNO2/c13-10-5-8(1-2-12(15)16)11-3-4-14-7-9(11)6-10/h3-7H,1-2H2,(H,15,16). The number of nitrogens with zero attached hydrogens (tertiary/aromatic N) is 1. The minimum absolute atomic E-state index is 0.000869. The number of benzene rings is 1. The third-order valence-electron chi connectivity index (χ3n) is 2.41. The average Bonchev–Trinajstić information content (AvgIpc) is 2.25. The summed E-state index contributed by atoms with van der Waals surface area (Å²) in [6, 6.07) is 4.55. The molecule has 0 bridgehead atoms. The van der Waals surface area contributed by atoms with Crippen LogP contribution in [0, 0.1) is 5.82 Å². The van der Waals surface area contributed by atoms with Crippen molar-refractivity contribution in [2.24, 2.45) is 0 Å². The van der Waals surface area contributed by atoms with Crippen LogP contribution >= 0.6 is 0 Å². The maximum absolute atomic E-state index is 13.2. The van der Waals surface area contributed by atoms with E-state index >= 15 is 0 Å². The lowest BCUT2D eigenvalue weighted by molar-refractivity contribution is -0.136. The van der Waals surface area contributed by atoms with E-state index in [1.807, 2.05) is 0 Å². The normalized spacial score (nSPS) is 10.6. The molecule has 0 aliphatic carbocycles. The van der Waals surface area contributed by atoms with E-state index in [1.165, 1.54) is 12.1 Å². The van der Waals surface area contributed by atoms with E-state index in [-0.39, 0.29) is 12.2 Å². The Balaban J connectivity index is 2.46. The first kappa shape index (κ1) is 10.5. The molecule has 0 aliphatic heterocycles. The minimum Gasteiger partial charge on any atom is -0.481 e. The van der Waals surface area contributed by atoms with Crippen molar-refractivity contribution in [3.05, 3.63) is 42.0 Å². The first-order chi connectivity index (χ1) is 7.66. The molecule has 0 atom stereocenters. The third kappa shape index (κ3) is 2.16. The molecule has 0 amide bonds. The Morgan fingerprint density at radius 3 is 3.00 bits per heavy atom. The lowest BCUT2D eigenvalue weighted by atomic mass is 10.0. The van der Waals surface area contributed by atoms with Crippen LogP contribution < -0.4 is 0 Å². The molecule has 0 spiro atoms. The van der Waals surface area contributed by atoms with E-state index in [1.54, 1.807) is 18.5 Å². The fourth-order valence-corrected chi connectivity index (χ4v) is 1.70. The fraction of sp³-hybridized carbons (Fsp3) is 0.167. The van der Waals surface area contributed by atoms with Gasteiger partial charge in [0.2, 0.25) is 0 Å². The van der Waals surface area contributed by atoms with Gasteiger partial charge in [-0.1, -0.05) is 0 Å². The number of pyridine rings is 1. The summed E-state index contributed by atoms with van der Waals surface area (Å²) in [5.74, 6) is -1.24. The molecule has 1 aromatic heterocycles. The maximum atomic E-state index is 13.2. The van der Waals surface area contributed by atoms with Crippen LogP contribution in [0.15, 0.2) is 30.6 Å². The van der Waals surface area contributed by atoms with Crippen molar-refractivity contribution in [2.75, 3.05) is 0 Å². The second kappa shape index (κ2) is 4.26. The van der Waals surface area contributed by atoms with Crippen LogP contribution in [0.1, 0.15) is 12.0 Å². The van der Waals surface area contributed by atoms with Crippen LogP contribution in [0.5, 0.6) is 0 Å². The third-order valence-corrected chi connectivity index (χ3v) is 2.41. The van der Waals surface area contributed by atoms with E-state index < -0.39 is 5.97 Å². The molecule has 3 nitrogen and oxygen atoms in total. The molecule has 4 heteroatoms. The van der Waals surface area contributed by atoms with Gasteiger partial charge in [-0.3, -0.25) is 9.78 Å². The van der Waals surface area contributed by atoms with Crippen molar-refractivity contribution in [3.63, 3.8) is 0 Å². The predicted molar refractivity (Wildman–Crippen MR) is 57.7 cm³/mol. The van der Waals surface area contributed by atoms with Crippen molar-refractivity contribution < 1.29 is 14.3 Å². The molecule has 2 aromatic rings. The molecule has 1 N–H and O–H groups in total. The Labute approximate surface area is 91.5 Å². The van der Waals surface area contributed by atoms with Crippen LogP contribution in [0.3, 0.4) is 0 Å². The molecule has 0 saturated carbocycles. The average molecular weight is 219 g/mol. The maximum Gasteiger partial charge on any atom is 0.303 e. The van der Waals surface area contributed by atoms with E-state index in [0.29, 0.717) is 17.4 Å². The first-order valence-electron chi connectivity index (χ1n) is 4.91. The Morgan fingerprint density at radius 1 is 1.44 bits per heavy atom. The van der Waals surface area contributed by atoms with Gasteiger partial charge in [-0.15, -0.1) is 0 Å². The number of hydrogen-bond donors (Lipinski definition) is 1. The van der Waals surface area contributed by atoms with Crippen LogP contribution in [0.4, 0.5) is 4.39 Å². The number of halogens is 1. The predicted octanol–water partition coefficient (Wildman–Crippen LogP) is 2.39. The second-order valence-electron chi connectivity index (χ2n) is 3.56. The van der Waals surface area contributed by atoms with Gasteiger partial charge in [-0.05, 0) is 35.6 Å². The topological polar surface area (TPSA) is 50.2 Å². The number of hydrogen-bond acceptors (Lipinski definition) is 2. The zero-order chi connectivity index (χ0) is 11.5. The largest absolute Gasteiger partial charge is 0.481 e. The molecule has 82 valence electrons. The number of fused-ring (bicyclic) bond motifs is 1. The summed E-state index contributed by atoms with van der Waals surface area (Å²) in [7, 11) is 0. The second-order valence-corrected chi connectivity index (χ2v) is 3.56. The van der Waals surface area contributed by atoms with Gasteiger partial charge in [-0.25, -0.2) is 4.39 Å². The number of carboxylic acids is 1. The Bertz CT molecular complexity index is 540. The van der Waals surface area contributed by atoms with Gasteiger partial charge in [-0.2, -0.15) is 0 Å². The van der Waals surface area contributed by atoms with Crippen LogP contribution in [0.25, 0.3) is 10.8 Å². The monoisotopic (exact) mass is 219 g/mol. The van der Waals surface area contributed by atoms with Crippen LogP contribution in [-0.4, -0.2) is 16.1 Å². The van der Waals surface area contributed by atoms with Gasteiger partial charge >= 0.3 is 5.97 Å². The molecule has 1 heterocycles. The van der Waals surface area contributed by atoms with Crippen molar-refractivity contribution in [1.82, 2.24) is 4.98 Å². The number of carboxylic acid groups (broad SMARTS) is 1. The first-order valence-corrected chi connectivity index (χ1v) is 4.91. The summed E-state index contributed by atoms with van der Waals surface area (Å²) in [6.07, 6.45) is 3.52. The highest BCUT2D eigenvalue weighted by Gasteiger charge is 2.06. The molecule has 1 aromatic carbocycles. The number of rotatable bonds is 3. The molecular weight excluding hydrogens is 209 g/mol. The summed E-state index contributed by atoms with van der Waals surface area (Å²) in [6.45, 7) is 0. The highest BCUT2D eigenvalue weighted by atomic mass is 19.1. The molecule has 16 heavy (non-hydrogen) atoms. The van der Waals surface area contributed by atoms with Gasteiger partial charge in [0.25, 0.3) is 0 Å². The van der Waals surface area contributed by atoms with Crippen molar-refractivity contribution in [1.29, 1.82) is 0 Å². The van der Waals surface area contributed by atoms with E-state index in [4.69, 9.17) is 5.11 Å². The quantitative estimate of drug-likeness (QED) is 0.862. The summed E-state index contributed by atoms with van der Waals surface area (Å²) in [4.78, 5) is 14.4. The molecule has 0 radical (unpaired) electrons. The number of aromatic nitrogens is 1. The van der Waals surface area contributed by atoms with Crippen LogP contribution in [0.2, 0.25) is 0 Å². The number of aryl methyl sites for hydroxylation is 1. The molecule has 0 saturated heterocycles. The van der Waals surface area contributed by atoms with E-state index in [0.717, 1.165) is 5.39 Å². The zero-order valence-corrected chi connectivity index (χ0v) is 8.48. The molecule has 0 fully saturated rings. The summed E-state index contributed by atoms with van der Waals surface area (Å²) in [5.41, 5.74) is 0.708. The van der Waals surface area contributed by atoms with Crippen molar-refractivity contribution >= 4 is 16.7 Å². The molecule has 0 aliphatic rings. The van der Waals surface area contributed by atoms with Crippen LogP contribution in [-0.2, 0) is 11.2 Å². The molecule has 2 rings (SSSR count). The van der Waals surface area contributed by atoms with E-state index in [9.17, 15) is 9.18 Å². The van der Waals surface area contributed by atoms with Gasteiger partial charge in [0, 0.05) is 24.2 Å². The highest BCUT2D eigenvalue weighted by Crippen LogP contribution is 2.20. The molecule has 0 unspecified atom stereocenters. The summed E-state index contributed by atoms with van der Waals surface area (Å²) >= 11 is 0. The zero-order valence-electron chi connectivity index (χ0n) is 8.48. The van der Waals surface area contributed by atoms with Gasteiger partial charge < -0.3 is 5.11 Å².